The predicted molar refractivity (Wildman–Crippen MR) is 158 cm³/mol. The van der Waals surface area contributed by atoms with Crippen molar-refractivity contribution in [3.63, 3.8) is 0 Å². The van der Waals surface area contributed by atoms with Gasteiger partial charge in [-0.3, -0.25) is 0 Å². The molecule has 2 N–H and O–H groups in total. The third kappa shape index (κ3) is 8.21. The second kappa shape index (κ2) is 13.7. The van der Waals surface area contributed by atoms with Gasteiger partial charge in [0.25, 0.3) is 0 Å². The lowest BCUT2D eigenvalue weighted by Gasteiger charge is -2.08. The third-order valence-corrected chi connectivity index (χ3v) is 6.12. The van der Waals surface area contributed by atoms with Gasteiger partial charge in [0.15, 0.2) is 0 Å². The Morgan fingerprint density at radius 3 is 1.90 bits per heavy atom. The fourth-order valence-corrected chi connectivity index (χ4v) is 4.02. The first kappa shape index (κ1) is 28.0. The molecule has 0 unspecified atom stereocenters. The van der Waals surface area contributed by atoms with Gasteiger partial charge in [0.2, 0.25) is 0 Å². The molecule has 9 nitrogen and oxygen atoms in total. The van der Waals surface area contributed by atoms with Crippen LogP contribution in [0.15, 0.2) is 116 Å². The summed E-state index contributed by atoms with van der Waals surface area (Å²) in [6.07, 6.45) is 6.37. The topological polar surface area (TPSA) is 111 Å². The standard InChI is InChI=1S/C17H12ClN3O.C15H13N3O2/c18-16-9-14(6-7-17(16)22)5-4-13-2-1-3-15(8-13)10-21-12-19-11-20-21;19-13-4-6-14(7-5-13)20-15-3-1-2-12(8-15)9-18-11-16-10-17-18/h1-3,6-9,11-12,22H,10H2;1-8,10-11,19H,9H2. The van der Waals surface area contributed by atoms with E-state index >= 15 is 0 Å². The molecule has 0 saturated heterocycles. The summed E-state index contributed by atoms with van der Waals surface area (Å²) in [5, 5.41) is 27.1. The zero-order valence-corrected chi connectivity index (χ0v) is 23.0. The molecule has 6 aromatic rings. The lowest BCUT2D eigenvalue weighted by Crippen LogP contribution is -1.99. The molecule has 2 aromatic heterocycles. The van der Waals surface area contributed by atoms with Crippen LogP contribution in [-0.2, 0) is 13.1 Å². The van der Waals surface area contributed by atoms with E-state index in [9.17, 15) is 10.2 Å². The number of ether oxygens (including phenoxy) is 1. The van der Waals surface area contributed by atoms with E-state index in [4.69, 9.17) is 16.3 Å². The lowest BCUT2D eigenvalue weighted by atomic mass is 10.1. The van der Waals surface area contributed by atoms with Gasteiger partial charge < -0.3 is 14.9 Å². The van der Waals surface area contributed by atoms with Crippen LogP contribution in [0.5, 0.6) is 23.0 Å². The van der Waals surface area contributed by atoms with Crippen molar-refractivity contribution >= 4 is 11.6 Å². The number of phenols is 2. The monoisotopic (exact) mass is 576 g/mol. The average Bonchev–Trinajstić information content (AvgIpc) is 3.71. The Labute approximate surface area is 247 Å². The summed E-state index contributed by atoms with van der Waals surface area (Å²) in [6.45, 7) is 1.30. The summed E-state index contributed by atoms with van der Waals surface area (Å²) in [4.78, 5) is 7.84. The summed E-state index contributed by atoms with van der Waals surface area (Å²) in [5.41, 5.74) is 3.83. The van der Waals surface area contributed by atoms with Crippen LogP contribution in [0.4, 0.5) is 0 Å². The maximum atomic E-state index is 9.39. The molecule has 0 aliphatic heterocycles. The fraction of sp³-hybridized carbons (Fsp3) is 0.0625. The van der Waals surface area contributed by atoms with Gasteiger partial charge in [-0.15, -0.1) is 0 Å². The van der Waals surface area contributed by atoms with Crippen LogP contribution in [0.3, 0.4) is 0 Å². The number of halogens is 1. The van der Waals surface area contributed by atoms with Crippen molar-refractivity contribution in [2.24, 2.45) is 0 Å². The molecule has 0 amide bonds. The Morgan fingerprint density at radius 1 is 0.667 bits per heavy atom. The first-order chi connectivity index (χ1) is 20.5. The predicted octanol–water partition coefficient (Wildman–Crippen LogP) is 5.91. The van der Waals surface area contributed by atoms with Crippen LogP contribution in [0.25, 0.3) is 0 Å². The van der Waals surface area contributed by atoms with Crippen molar-refractivity contribution < 1.29 is 14.9 Å². The van der Waals surface area contributed by atoms with E-state index in [1.54, 1.807) is 58.4 Å². The minimum atomic E-state index is 0.0575. The molecule has 42 heavy (non-hydrogen) atoms. The highest BCUT2D eigenvalue weighted by molar-refractivity contribution is 6.32. The van der Waals surface area contributed by atoms with Crippen LogP contribution in [0.2, 0.25) is 5.02 Å². The molecule has 0 fully saturated rings. The van der Waals surface area contributed by atoms with Crippen LogP contribution < -0.4 is 4.74 Å². The van der Waals surface area contributed by atoms with Gasteiger partial charge in [-0.25, -0.2) is 19.3 Å². The van der Waals surface area contributed by atoms with Crippen molar-refractivity contribution in [3.05, 3.63) is 144 Å². The molecule has 0 radical (unpaired) electrons. The Morgan fingerprint density at radius 2 is 1.29 bits per heavy atom. The second-order valence-corrected chi connectivity index (χ2v) is 9.45. The van der Waals surface area contributed by atoms with E-state index < -0.39 is 0 Å². The maximum Gasteiger partial charge on any atom is 0.137 e. The number of aromatic nitrogens is 6. The molecular weight excluding hydrogens is 552 g/mol. The van der Waals surface area contributed by atoms with Crippen molar-refractivity contribution in [1.82, 2.24) is 29.5 Å². The summed E-state index contributed by atoms with van der Waals surface area (Å²) >= 11 is 5.87. The van der Waals surface area contributed by atoms with Crippen LogP contribution in [-0.4, -0.2) is 39.7 Å². The number of phenolic OH excluding ortho intramolecular Hbond substituents is 2. The molecule has 0 saturated carbocycles. The molecule has 4 aromatic carbocycles. The van der Waals surface area contributed by atoms with Crippen LogP contribution >= 0.6 is 11.6 Å². The van der Waals surface area contributed by atoms with Gasteiger partial charge in [-0.05, 0) is 77.9 Å². The fourth-order valence-electron chi connectivity index (χ4n) is 3.84. The molecule has 6 rings (SSSR count). The molecule has 0 spiro atoms. The summed E-state index contributed by atoms with van der Waals surface area (Å²) in [6, 6.07) is 27.2. The van der Waals surface area contributed by atoms with E-state index in [1.807, 2.05) is 48.5 Å². The Balaban J connectivity index is 0.000000169. The van der Waals surface area contributed by atoms with Gasteiger partial charge in [-0.2, -0.15) is 10.2 Å². The molecule has 0 bridgehead atoms. The SMILES string of the molecule is Oc1ccc(C#Cc2cccc(Cn3cncn3)c2)cc1Cl.Oc1ccc(Oc2cccc(Cn3cncn3)c2)cc1. The highest BCUT2D eigenvalue weighted by atomic mass is 35.5. The van der Waals surface area contributed by atoms with E-state index in [0.717, 1.165) is 28.0 Å². The molecule has 0 atom stereocenters. The summed E-state index contributed by atoms with van der Waals surface area (Å²) in [7, 11) is 0. The number of hydrogen-bond acceptors (Lipinski definition) is 7. The van der Waals surface area contributed by atoms with E-state index in [0.29, 0.717) is 23.9 Å². The van der Waals surface area contributed by atoms with Gasteiger partial charge in [0.1, 0.15) is 48.3 Å². The molecule has 2 heterocycles. The Kier molecular flexibility index (Phi) is 9.09. The minimum Gasteiger partial charge on any atom is -0.508 e. The highest BCUT2D eigenvalue weighted by Crippen LogP contribution is 2.25. The number of nitrogens with zero attached hydrogens (tertiary/aromatic N) is 6. The van der Waals surface area contributed by atoms with E-state index in [2.05, 4.69) is 32.0 Å². The number of aromatic hydroxyl groups is 2. The zero-order valence-electron chi connectivity index (χ0n) is 22.2. The van der Waals surface area contributed by atoms with Crippen molar-refractivity contribution in [2.45, 2.75) is 13.1 Å². The number of rotatable bonds is 6. The van der Waals surface area contributed by atoms with Gasteiger partial charge in [0, 0.05) is 11.1 Å². The van der Waals surface area contributed by atoms with Gasteiger partial charge in [0.05, 0.1) is 18.1 Å². The molecule has 208 valence electrons. The number of hydrogen-bond donors (Lipinski definition) is 2. The van der Waals surface area contributed by atoms with Crippen molar-refractivity contribution in [2.75, 3.05) is 0 Å². The molecule has 0 aliphatic carbocycles. The normalized spacial score (nSPS) is 10.2. The third-order valence-electron chi connectivity index (χ3n) is 5.82. The van der Waals surface area contributed by atoms with Crippen LogP contribution in [0, 0.1) is 11.8 Å². The largest absolute Gasteiger partial charge is 0.508 e. The van der Waals surface area contributed by atoms with E-state index in [1.165, 1.54) is 18.7 Å². The van der Waals surface area contributed by atoms with Crippen molar-refractivity contribution in [1.29, 1.82) is 0 Å². The smallest absolute Gasteiger partial charge is 0.137 e. The Bertz CT molecular complexity index is 1790. The van der Waals surface area contributed by atoms with Crippen LogP contribution in [0.1, 0.15) is 22.3 Å². The second-order valence-electron chi connectivity index (χ2n) is 9.05. The molecule has 0 aliphatic rings. The first-order valence-corrected chi connectivity index (χ1v) is 13.2. The van der Waals surface area contributed by atoms with E-state index in [-0.39, 0.29) is 11.5 Å². The summed E-state index contributed by atoms with van der Waals surface area (Å²) < 4.78 is 9.24. The summed E-state index contributed by atoms with van der Waals surface area (Å²) in [5.74, 6) is 7.83. The molecular formula is C32H25ClN6O3. The Hall–Kier alpha value is -5.59. The maximum absolute atomic E-state index is 9.39. The van der Waals surface area contributed by atoms with Gasteiger partial charge in [-0.1, -0.05) is 47.7 Å². The zero-order chi connectivity index (χ0) is 29.1. The highest BCUT2D eigenvalue weighted by Gasteiger charge is 2.02. The molecule has 10 heteroatoms. The number of benzene rings is 4. The quantitative estimate of drug-likeness (QED) is 0.237. The minimum absolute atomic E-state index is 0.0575. The lowest BCUT2D eigenvalue weighted by molar-refractivity contribution is 0.464. The van der Waals surface area contributed by atoms with Gasteiger partial charge >= 0.3 is 0 Å². The first-order valence-electron chi connectivity index (χ1n) is 12.8. The van der Waals surface area contributed by atoms with Crippen molar-refractivity contribution in [3.8, 4) is 34.8 Å². The average molecular weight is 577 g/mol.